The largest absolute Gasteiger partial charge is 0.462 e. The molecule has 0 aliphatic carbocycles. The van der Waals surface area contributed by atoms with E-state index in [0.29, 0.717) is 18.5 Å². The molecule has 0 radical (unpaired) electrons. The van der Waals surface area contributed by atoms with Crippen LogP contribution >= 0.6 is 0 Å². The van der Waals surface area contributed by atoms with Crippen molar-refractivity contribution in [2.45, 2.75) is 57.2 Å². The van der Waals surface area contributed by atoms with Gasteiger partial charge in [0, 0.05) is 74.1 Å². The molecule has 3 heterocycles. The quantitative estimate of drug-likeness (QED) is 0.630. The summed E-state index contributed by atoms with van der Waals surface area (Å²) in [6.07, 6.45) is 4.57. The summed E-state index contributed by atoms with van der Waals surface area (Å²) in [6.45, 7) is 8.39. The molecule has 3 aliphatic rings. The summed E-state index contributed by atoms with van der Waals surface area (Å²) < 4.78 is 5.97. The Morgan fingerprint density at radius 1 is 1.00 bits per heavy atom. The first-order chi connectivity index (χ1) is 16.2. The van der Waals surface area contributed by atoms with E-state index in [4.69, 9.17) is 4.74 Å². The first-order valence-corrected chi connectivity index (χ1v) is 12.5. The van der Waals surface area contributed by atoms with Gasteiger partial charge in [-0.15, -0.1) is 0 Å². The third kappa shape index (κ3) is 4.58. The van der Waals surface area contributed by atoms with Crippen LogP contribution in [0.25, 0.3) is 10.8 Å². The van der Waals surface area contributed by atoms with Crippen LogP contribution in [-0.4, -0.2) is 73.2 Å². The number of anilines is 1. The monoisotopic (exact) mass is 446 g/mol. The minimum atomic E-state index is -0.0467. The van der Waals surface area contributed by atoms with Crippen molar-refractivity contribution in [3.63, 3.8) is 0 Å². The topological polar surface area (TPSA) is 59.8 Å². The minimum Gasteiger partial charge on any atom is -0.462 e. The molecule has 0 saturated carbocycles. The van der Waals surface area contributed by atoms with Crippen molar-refractivity contribution in [1.29, 1.82) is 5.26 Å². The molecule has 0 aromatic heterocycles. The molecule has 3 aliphatic heterocycles. The fourth-order valence-corrected chi connectivity index (χ4v) is 6.05. The third-order valence-electron chi connectivity index (χ3n) is 7.83. The lowest BCUT2D eigenvalue weighted by Gasteiger charge is -2.41. The second kappa shape index (κ2) is 9.70. The van der Waals surface area contributed by atoms with Crippen LogP contribution in [0.15, 0.2) is 36.4 Å². The highest BCUT2D eigenvalue weighted by Gasteiger charge is 2.42. The molecule has 5 rings (SSSR count). The van der Waals surface area contributed by atoms with Crippen molar-refractivity contribution in [2.75, 3.05) is 44.2 Å². The van der Waals surface area contributed by atoms with Gasteiger partial charge in [-0.2, -0.15) is 5.26 Å². The smallest absolute Gasteiger partial charge is 0.307 e. The number of piperidine rings is 1. The second-order valence-corrected chi connectivity index (χ2v) is 9.69. The van der Waals surface area contributed by atoms with E-state index in [1.807, 2.05) is 24.3 Å². The number of piperazine rings is 1. The normalized spacial score (nSPS) is 25.8. The van der Waals surface area contributed by atoms with E-state index in [0.717, 1.165) is 81.3 Å². The maximum Gasteiger partial charge on any atom is 0.307 e. The van der Waals surface area contributed by atoms with E-state index in [9.17, 15) is 10.1 Å². The van der Waals surface area contributed by atoms with Crippen LogP contribution in [0, 0.1) is 11.3 Å². The molecule has 1 unspecified atom stereocenters. The summed E-state index contributed by atoms with van der Waals surface area (Å²) in [4.78, 5) is 20.0. The first-order valence-electron chi connectivity index (χ1n) is 12.5. The molecule has 33 heavy (non-hydrogen) atoms. The van der Waals surface area contributed by atoms with Crippen molar-refractivity contribution in [2.24, 2.45) is 0 Å². The number of hydrogen-bond donors (Lipinski definition) is 0. The summed E-state index contributed by atoms with van der Waals surface area (Å²) in [5.41, 5.74) is 1.94. The number of hydrogen-bond acceptors (Lipinski definition) is 6. The Balaban J connectivity index is 1.20. The number of likely N-dealkylation sites (N-methyl/N-ethyl adjacent to an activating group) is 1. The Kier molecular flexibility index (Phi) is 6.52. The van der Waals surface area contributed by atoms with Crippen LogP contribution in [0.2, 0.25) is 0 Å². The highest BCUT2D eigenvalue weighted by Crippen LogP contribution is 2.43. The Bertz CT molecular complexity index is 1030. The molecule has 0 spiro atoms. The van der Waals surface area contributed by atoms with E-state index < -0.39 is 0 Å². The summed E-state index contributed by atoms with van der Waals surface area (Å²) in [5.74, 6) is -0.0467. The molecule has 2 bridgehead atoms. The number of benzene rings is 2. The van der Waals surface area contributed by atoms with Gasteiger partial charge >= 0.3 is 5.97 Å². The van der Waals surface area contributed by atoms with Crippen molar-refractivity contribution in [3.8, 4) is 6.07 Å². The van der Waals surface area contributed by atoms with Crippen LogP contribution in [0.1, 0.15) is 44.6 Å². The van der Waals surface area contributed by atoms with Gasteiger partial charge in [-0.3, -0.25) is 4.79 Å². The Morgan fingerprint density at radius 2 is 1.67 bits per heavy atom. The molecule has 3 fully saturated rings. The molecule has 6 nitrogen and oxygen atoms in total. The van der Waals surface area contributed by atoms with E-state index in [2.05, 4.69) is 39.8 Å². The Hall–Kier alpha value is -2.62. The number of nitriles is 1. The van der Waals surface area contributed by atoms with Gasteiger partial charge in [0.05, 0.1) is 18.1 Å². The SMILES string of the molecule is CCN1CCN(CCC(=O)OC2C[C@H]3CC[C@@H](C2)N3c2ccc(C#N)c3ccccc23)CC1. The highest BCUT2D eigenvalue weighted by atomic mass is 16.5. The van der Waals surface area contributed by atoms with Gasteiger partial charge in [0.1, 0.15) is 6.10 Å². The molecule has 2 aromatic rings. The zero-order valence-electron chi connectivity index (χ0n) is 19.6. The number of carbonyl (C=O) groups excluding carboxylic acids is 1. The zero-order valence-corrected chi connectivity index (χ0v) is 19.6. The fourth-order valence-electron chi connectivity index (χ4n) is 6.05. The average molecular weight is 447 g/mol. The Morgan fingerprint density at radius 3 is 2.33 bits per heavy atom. The molecule has 174 valence electrons. The predicted octanol–water partition coefficient (Wildman–Crippen LogP) is 3.78. The van der Waals surface area contributed by atoms with Crippen molar-refractivity contribution < 1.29 is 9.53 Å². The van der Waals surface area contributed by atoms with Crippen molar-refractivity contribution in [1.82, 2.24) is 9.80 Å². The Labute approximate surface area is 196 Å². The van der Waals surface area contributed by atoms with E-state index in [1.54, 1.807) is 0 Å². The fraction of sp³-hybridized carbons (Fsp3) is 0.556. The van der Waals surface area contributed by atoms with E-state index in [-0.39, 0.29) is 12.1 Å². The van der Waals surface area contributed by atoms with Crippen LogP contribution in [0.3, 0.4) is 0 Å². The van der Waals surface area contributed by atoms with Gasteiger partial charge in [0.2, 0.25) is 0 Å². The molecular formula is C27H34N4O2. The third-order valence-corrected chi connectivity index (χ3v) is 7.83. The van der Waals surface area contributed by atoms with Gasteiger partial charge in [-0.1, -0.05) is 31.2 Å². The summed E-state index contributed by atoms with van der Waals surface area (Å²) >= 11 is 0. The number of esters is 1. The molecular weight excluding hydrogens is 412 g/mol. The van der Waals surface area contributed by atoms with E-state index >= 15 is 0 Å². The predicted molar refractivity (Wildman–Crippen MR) is 130 cm³/mol. The minimum absolute atomic E-state index is 0.0211. The van der Waals surface area contributed by atoms with Crippen molar-refractivity contribution >= 4 is 22.4 Å². The summed E-state index contributed by atoms with van der Waals surface area (Å²) in [7, 11) is 0. The molecule has 2 aromatic carbocycles. The highest BCUT2D eigenvalue weighted by molar-refractivity contribution is 5.98. The maximum absolute atomic E-state index is 12.6. The van der Waals surface area contributed by atoms with Crippen LogP contribution in [-0.2, 0) is 9.53 Å². The molecule has 0 N–H and O–H groups in total. The van der Waals surface area contributed by atoms with Crippen LogP contribution in [0.4, 0.5) is 5.69 Å². The lowest BCUT2D eigenvalue weighted by atomic mass is 9.96. The second-order valence-electron chi connectivity index (χ2n) is 9.69. The number of carbonyl (C=O) groups is 1. The van der Waals surface area contributed by atoms with Gasteiger partial charge < -0.3 is 19.4 Å². The van der Waals surface area contributed by atoms with Gasteiger partial charge in [0.25, 0.3) is 0 Å². The molecule has 6 heteroatoms. The van der Waals surface area contributed by atoms with Crippen LogP contribution in [0.5, 0.6) is 0 Å². The zero-order chi connectivity index (χ0) is 22.8. The first kappa shape index (κ1) is 22.2. The van der Waals surface area contributed by atoms with Crippen LogP contribution < -0.4 is 4.90 Å². The lowest BCUT2D eigenvalue weighted by molar-refractivity contribution is -0.151. The summed E-state index contributed by atoms with van der Waals surface area (Å²) in [5, 5.41) is 11.7. The van der Waals surface area contributed by atoms with Crippen molar-refractivity contribution in [3.05, 3.63) is 42.0 Å². The van der Waals surface area contributed by atoms with Gasteiger partial charge in [-0.05, 0) is 31.5 Å². The molecule has 0 amide bonds. The number of nitrogens with zero attached hydrogens (tertiary/aromatic N) is 4. The molecule has 3 saturated heterocycles. The lowest BCUT2D eigenvalue weighted by Crippen LogP contribution is -2.47. The maximum atomic E-state index is 12.6. The summed E-state index contributed by atoms with van der Waals surface area (Å²) in [6, 6.07) is 15.4. The number of fused-ring (bicyclic) bond motifs is 3. The van der Waals surface area contributed by atoms with Gasteiger partial charge in [0.15, 0.2) is 0 Å². The average Bonchev–Trinajstić information content (AvgIpc) is 3.11. The number of ether oxygens (including phenoxy) is 1. The standard InChI is InChI=1S/C27H34N4O2/c1-2-29-13-15-30(16-14-29)12-11-27(32)33-23-17-21-8-9-22(18-23)31(21)26-10-7-20(19-28)24-5-3-4-6-25(24)26/h3-7,10,21-23H,2,8-9,11-18H2,1H3/t21-,22+,23?. The number of rotatable bonds is 6. The van der Waals surface area contributed by atoms with Gasteiger partial charge in [-0.25, -0.2) is 0 Å². The molecule has 3 atom stereocenters. The van der Waals surface area contributed by atoms with E-state index in [1.165, 1.54) is 5.69 Å².